The summed E-state index contributed by atoms with van der Waals surface area (Å²) in [6.45, 7) is 9.94. The van der Waals surface area contributed by atoms with Crippen molar-refractivity contribution >= 4 is 15.9 Å². The van der Waals surface area contributed by atoms with Crippen molar-refractivity contribution in [3.05, 3.63) is 28.8 Å². The predicted octanol–water partition coefficient (Wildman–Crippen LogP) is 1.73. The SMILES string of the molecule is Cc1cc(C)c(S(N)(=O)=O)cc1C(=O)NCC(C)(C)C. The summed E-state index contributed by atoms with van der Waals surface area (Å²) >= 11 is 0. The van der Waals surface area contributed by atoms with E-state index in [1.807, 2.05) is 20.8 Å². The van der Waals surface area contributed by atoms with Crippen LogP contribution in [0.15, 0.2) is 17.0 Å². The van der Waals surface area contributed by atoms with Crippen molar-refractivity contribution in [3.63, 3.8) is 0 Å². The van der Waals surface area contributed by atoms with Crippen molar-refractivity contribution < 1.29 is 13.2 Å². The lowest BCUT2D eigenvalue weighted by Crippen LogP contribution is -2.32. The first-order valence-corrected chi connectivity index (χ1v) is 7.89. The van der Waals surface area contributed by atoms with Crippen LogP contribution in [-0.2, 0) is 10.0 Å². The fourth-order valence-electron chi connectivity index (χ4n) is 1.82. The number of hydrogen-bond acceptors (Lipinski definition) is 3. The van der Waals surface area contributed by atoms with E-state index >= 15 is 0 Å². The lowest BCUT2D eigenvalue weighted by molar-refractivity contribution is 0.0938. The Morgan fingerprint density at radius 3 is 2.20 bits per heavy atom. The van der Waals surface area contributed by atoms with Crippen LogP contribution in [0.2, 0.25) is 0 Å². The Bertz CT molecular complexity index is 629. The van der Waals surface area contributed by atoms with Gasteiger partial charge in [0.2, 0.25) is 10.0 Å². The number of aryl methyl sites for hydroxylation is 2. The van der Waals surface area contributed by atoms with Crippen molar-refractivity contribution in [3.8, 4) is 0 Å². The summed E-state index contributed by atoms with van der Waals surface area (Å²) in [5, 5.41) is 7.96. The highest BCUT2D eigenvalue weighted by Crippen LogP contribution is 2.20. The van der Waals surface area contributed by atoms with Crippen LogP contribution in [0.25, 0.3) is 0 Å². The van der Waals surface area contributed by atoms with Crippen LogP contribution < -0.4 is 10.5 Å². The van der Waals surface area contributed by atoms with E-state index < -0.39 is 10.0 Å². The molecular weight excluding hydrogens is 276 g/mol. The van der Waals surface area contributed by atoms with Gasteiger partial charge in [0.15, 0.2) is 0 Å². The van der Waals surface area contributed by atoms with E-state index in [0.29, 0.717) is 17.7 Å². The molecule has 0 saturated heterocycles. The van der Waals surface area contributed by atoms with Gasteiger partial charge >= 0.3 is 0 Å². The molecule has 1 rings (SSSR count). The minimum Gasteiger partial charge on any atom is -0.352 e. The Hall–Kier alpha value is -1.40. The zero-order chi connectivity index (χ0) is 15.7. The van der Waals surface area contributed by atoms with Crippen molar-refractivity contribution in [1.82, 2.24) is 5.32 Å². The largest absolute Gasteiger partial charge is 0.352 e. The lowest BCUT2D eigenvalue weighted by Gasteiger charge is -2.19. The molecule has 0 bridgehead atoms. The first-order chi connectivity index (χ1) is 8.92. The molecular formula is C14H22N2O3S. The van der Waals surface area contributed by atoms with Crippen LogP contribution >= 0.6 is 0 Å². The number of amides is 1. The van der Waals surface area contributed by atoms with E-state index in [-0.39, 0.29) is 16.2 Å². The van der Waals surface area contributed by atoms with E-state index in [4.69, 9.17) is 5.14 Å². The highest BCUT2D eigenvalue weighted by Gasteiger charge is 2.19. The summed E-state index contributed by atoms with van der Waals surface area (Å²) in [5.41, 5.74) is 1.55. The highest BCUT2D eigenvalue weighted by atomic mass is 32.2. The van der Waals surface area contributed by atoms with Gasteiger partial charge in [0, 0.05) is 12.1 Å². The smallest absolute Gasteiger partial charge is 0.251 e. The quantitative estimate of drug-likeness (QED) is 0.890. The summed E-state index contributed by atoms with van der Waals surface area (Å²) in [6.07, 6.45) is 0. The third kappa shape index (κ3) is 4.31. The number of rotatable bonds is 3. The van der Waals surface area contributed by atoms with Gasteiger partial charge in [-0.15, -0.1) is 0 Å². The van der Waals surface area contributed by atoms with Crippen molar-refractivity contribution in [2.24, 2.45) is 10.6 Å². The third-order valence-electron chi connectivity index (χ3n) is 2.85. The number of benzene rings is 1. The number of carbonyl (C=O) groups is 1. The number of nitrogens with two attached hydrogens (primary N) is 1. The van der Waals surface area contributed by atoms with Crippen molar-refractivity contribution in [2.75, 3.05) is 6.54 Å². The Morgan fingerprint density at radius 2 is 1.75 bits per heavy atom. The van der Waals surface area contributed by atoms with E-state index in [0.717, 1.165) is 5.56 Å². The average Bonchev–Trinajstić information content (AvgIpc) is 2.23. The summed E-state index contributed by atoms with van der Waals surface area (Å²) in [4.78, 5) is 12.1. The average molecular weight is 298 g/mol. The Kier molecular flexibility index (Phi) is 4.61. The minimum atomic E-state index is -3.83. The summed E-state index contributed by atoms with van der Waals surface area (Å²) in [5.74, 6) is -0.290. The first kappa shape index (κ1) is 16.7. The van der Waals surface area contributed by atoms with Gasteiger partial charge in [-0.1, -0.05) is 26.8 Å². The molecule has 20 heavy (non-hydrogen) atoms. The van der Waals surface area contributed by atoms with Crippen LogP contribution in [0.4, 0.5) is 0 Å². The lowest BCUT2D eigenvalue weighted by atomic mass is 9.96. The predicted molar refractivity (Wildman–Crippen MR) is 79.1 cm³/mol. The van der Waals surface area contributed by atoms with E-state index in [1.165, 1.54) is 6.07 Å². The molecule has 0 atom stereocenters. The van der Waals surface area contributed by atoms with Crippen LogP contribution in [0.1, 0.15) is 42.3 Å². The molecule has 1 amide bonds. The molecule has 0 aliphatic rings. The van der Waals surface area contributed by atoms with Crippen molar-refractivity contribution in [2.45, 2.75) is 39.5 Å². The van der Waals surface area contributed by atoms with Crippen LogP contribution in [0.3, 0.4) is 0 Å². The molecule has 0 unspecified atom stereocenters. The number of sulfonamides is 1. The van der Waals surface area contributed by atoms with Gasteiger partial charge < -0.3 is 5.32 Å². The van der Waals surface area contributed by atoms with Crippen LogP contribution in [0, 0.1) is 19.3 Å². The molecule has 0 radical (unpaired) electrons. The molecule has 0 aliphatic heterocycles. The monoisotopic (exact) mass is 298 g/mol. The number of carbonyl (C=O) groups excluding carboxylic acids is 1. The normalized spacial score (nSPS) is 12.3. The molecule has 0 aromatic heterocycles. The summed E-state index contributed by atoms with van der Waals surface area (Å²) in [6, 6.07) is 3.00. The van der Waals surface area contributed by atoms with E-state index in [2.05, 4.69) is 5.32 Å². The number of primary sulfonamides is 1. The molecule has 0 spiro atoms. The van der Waals surface area contributed by atoms with Gasteiger partial charge in [0.25, 0.3) is 5.91 Å². The number of hydrogen-bond donors (Lipinski definition) is 2. The maximum atomic E-state index is 12.2. The minimum absolute atomic E-state index is 0.0102. The fraction of sp³-hybridized carbons (Fsp3) is 0.500. The highest BCUT2D eigenvalue weighted by molar-refractivity contribution is 7.89. The summed E-state index contributed by atoms with van der Waals surface area (Å²) < 4.78 is 23.0. The van der Waals surface area contributed by atoms with E-state index in [1.54, 1.807) is 19.9 Å². The zero-order valence-electron chi connectivity index (χ0n) is 12.6. The van der Waals surface area contributed by atoms with Crippen molar-refractivity contribution in [1.29, 1.82) is 0 Å². The van der Waals surface area contributed by atoms with Gasteiger partial charge in [0.1, 0.15) is 0 Å². The second kappa shape index (κ2) is 5.54. The Morgan fingerprint density at radius 1 is 1.20 bits per heavy atom. The third-order valence-corrected chi connectivity index (χ3v) is 3.91. The van der Waals surface area contributed by atoms with Gasteiger partial charge in [-0.3, -0.25) is 4.79 Å². The second-order valence-corrected chi connectivity index (χ2v) is 7.75. The molecule has 3 N–H and O–H groups in total. The standard InChI is InChI=1S/C14H22N2O3S/c1-9-6-10(2)12(20(15,18)19)7-11(9)13(17)16-8-14(3,4)5/h6-7H,8H2,1-5H3,(H,16,17)(H2,15,18,19). The zero-order valence-corrected chi connectivity index (χ0v) is 13.4. The van der Waals surface area contributed by atoms with Gasteiger partial charge in [0.05, 0.1) is 4.90 Å². The maximum Gasteiger partial charge on any atom is 0.251 e. The van der Waals surface area contributed by atoms with Gasteiger partial charge in [-0.2, -0.15) is 0 Å². The Balaban J connectivity index is 3.16. The Labute approximate surface area is 120 Å². The molecule has 112 valence electrons. The van der Waals surface area contributed by atoms with Gasteiger partial charge in [-0.25, -0.2) is 13.6 Å². The van der Waals surface area contributed by atoms with Crippen LogP contribution in [0.5, 0.6) is 0 Å². The summed E-state index contributed by atoms with van der Waals surface area (Å²) in [7, 11) is -3.83. The topological polar surface area (TPSA) is 89.3 Å². The van der Waals surface area contributed by atoms with Crippen LogP contribution in [-0.4, -0.2) is 20.9 Å². The molecule has 0 saturated carbocycles. The number of nitrogens with one attached hydrogen (secondary N) is 1. The second-order valence-electron chi connectivity index (χ2n) is 6.22. The molecule has 6 heteroatoms. The van der Waals surface area contributed by atoms with E-state index in [9.17, 15) is 13.2 Å². The fourth-order valence-corrected chi connectivity index (χ4v) is 2.61. The molecule has 0 heterocycles. The molecule has 5 nitrogen and oxygen atoms in total. The first-order valence-electron chi connectivity index (χ1n) is 6.34. The maximum absolute atomic E-state index is 12.2. The van der Waals surface area contributed by atoms with Gasteiger partial charge in [-0.05, 0) is 36.5 Å². The molecule has 1 aromatic carbocycles. The molecule has 1 aromatic rings. The molecule has 0 aliphatic carbocycles. The molecule has 0 fully saturated rings.